The second-order valence-corrected chi connectivity index (χ2v) is 3.33. The highest BCUT2D eigenvalue weighted by Gasteiger charge is 2.08. The van der Waals surface area contributed by atoms with Crippen LogP contribution < -0.4 is 0 Å². The number of rotatable bonds is 2. The molecule has 0 saturated heterocycles. The first-order valence-electron chi connectivity index (χ1n) is 4.87. The molecule has 0 aliphatic heterocycles. The minimum Gasteiger partial charge on any atom is -0.331 e. The van der Waals surface area contributed by atoms with Crippen molar-refractivity contribution in [3.63, 3.8) is 0 Å². The molecule has 0 aliphatic rings. The van der Waals surface area contributed by atoms with E-state index in [0.29, 0.717) is 12.1 Å². The van der Waals surface area contributed by atoms with Gasteiger partial charge < -0.3 is 4.52 Å². The monoisotopic (exact) mass is 226 g/mol. The SMILES string of the molecule is O=Cc1nc(-c2ccc3nccnc3c2)no1. The van der Waals surface area contributed by atoms with Gasteiger partial charge >= 0.3 is 0 Å². The number of fused-ring (bicyclic) bond motifs is 1. The molecule has 0 amide bonds. The number of hydrogen-bond donors (Lipinski definition) is 0. The lowest BCUT2D eigenvalue weighted by molar-refractivity contribution is 0.108. The fraction of sp³-hybridized carbons (Fsp3) is 0. The maximum atomic E-state index is 10.4. The zero-order valence-electron chi connectivity index (χ0n) is 8.57. The fourth-order valence-corrected chi connectivity index (χ4v) is 1.50. The maximum absolute atomic E-state index is 10.4. The van der Waals surface area contributed by atoms with E-state index in [0.717, 1.165) is 16.6 Å². The summed E-state index contributed by atoms with van der Waals surface area (Å²) in [5.41, 5.74) is 2.26. The van der Waals surface area contributed by atoms with Crippen molar-refractivity contribution in [1.29, 1.82) is 0 Å². The van der Waals surface area contributed by atoms with Crippen LogP contribution in [0.4, 0.5) is 0 Å². The van der Waals surface area contributed by atoms with Gasteiger partial charge in [-0.1, -0.05) is 5.16 Å². The lowest BCUT2D eigenvalue weighted by Crippen LogP contribution is -1.85. The second-order valence-electron chi connectivity index (χ2n) is 3.33. The van der Waals surface area contributed by atoms with Crippen LogP contribution >= 0.6 is 0 Å². The Morgan fingerprint density at radius 2 is 1.94 bits per heavy atom. The molecule has 17 heavy (non-hydrogen) atoms. The average Bonchev–Trinajstić information content (AvgIpc) is 2.87. The molecule has 2 heterocycles. The van der Waals surface area contributed by atoms with Crippen LogP contribution in [0.1, 0.15) is 10.7 Å². The number of aromatic nitrogens is 4. The first-order valence-corrected chi connectivity index (χ1v) is 4.87. The van der Waals surface area contributed by atoms with E-state index in [-0.39, 0.29) is 5.89 Å². The number of benzene rings is 1. The van der Waals surface area contributed by atoms with Gasteiger partial charge in [0.05, 0.1) is 11.0 Å². The van der Waals surface area contributed by atoms with Gasteiger partial charge in [0.1, 0.15) is 0 Å². The third kappa shape index (κ3) is 1.65. The van der Waals surface area contributed by atoms with Crippen molar-refractivity contribution in [2.45, 2.75) is 0 Å². The quantitative estimate of drug-likeness (QED) is 0.616. The van der Waals surface area contributed by atoms with Crippen LogP contribution in [-0.2, 0) is 0 Å². The Labute approximate surface area is 95.3 Å². The summed E-state index contributed by atoms with van der Waals surface area (Å²) >= 11 is 0. The summed E-state index contributed by atoms with van der Waals surface area (Å²) in [5.74, 6) is 0.318. The van der Waals surface area contributed by atoms with Crippen LogP contribution in [-0.4, -0.2) is 26.4 Å². The van der Waals surface area contributed by atoms with E-state index in [1.807, 2.05) is 6.07 Å². The normalized spacial score (nSPS) is 10.6. The molecule has 0 bridgehead atoms. The molecule has 0 radical (unpaired) electrons. The summed E-state index contributed by atoms with van der Waals surface area (Å²) in [6, 6.07) is 5.41. The summed E-state index contributed by atoms with van der Waals surface area (Å²) in [6.45, 7) is 0. The minimum absolute atomic E-state index is 0.0424. The van der Waals surface area contributed by atoms with Gasteiger partial charge in [-0.05, 0) is 18.2 Å². The molecule has 6 heteroatoms. The Morgan fingerprint density at radius 3 is 2.71 bits per heavy atom. The van der Waals surface area contributed by atoms with Crippen LogP contribution in [0.25, 0.3) is 22.4 Å². The Balaban J connectivity index is 2.14. The molecular weight excluding hydrogens is 220 g/mol. The van der Waals surface area contributed by atoms with Crippen LogP contribution in [0.15, 0.2) is 35.1 Å². The molecule has 6 nitrogen and oxygen atoms in total. The summed E-state index contributed by atoms with van der Waals surface area (Å²) in [5, 5.41) is 3.70. The van der Waals surface area contributed by atoms with E-state index >= 15 is 0 Å². The smallest absolute Gasteiger partial charge is 0.291 e. The van der Waals surface area contributed by atoms with E-state index in [1.165, 1.54) is 0 Å². The van der Waals surface area contributed by atoms with E-state index in [9.17, 15) is 4.79 Å². The number of carbonyl (C=O) groups is 1. The largest absolute Gasteiger partial charge is 0.331 e. The van der Waals surface area contributed by atoms with Crippen molar-refractivity contribution in [1.82, 2.24) is 20.1 Å². The van der Waals surface area contributed by atoms with E-state index in [2.05, 4.69) is 20.1 Å². The summed E-state index contributed by atoms with van der Waals surface area (Å²) in [7, 11) is 0. The lowest BCUT2D eigenvalue weighted by Gasteiger charge is -1.97. The molecule has 0 spiro atoms. The molecule has 3 rings (SSSR count). The van der Waals surface area contributed by atoms with Crippen molar-refractivity contribution in [2.24, 2.45) is 0 Å². The first-order chi connectivity index (χ1) is 8.36. The van der Waals surface area contributed by atoms with Crippen LogP contribution in [0.3, 0.4) is 0 Å². The van der Waals surface area contributed by atoms with Crippen molar-refractivity contribution in [3.05, 3.63) is 36.5 Å². The van der Waals surface area contributed by atoms with Crippen molar-refractivity contribution >= 4 is 17.3 Å². The van der Waals surface area contributed by atoms with E-state index in [4.69, 9.17) is 4.52 Å². The molecule has 82 valence electrons. The van der Waals surface area contributed by atoms with Gasteiger partial charge in [0.15, 0.2) is 0 Å². The van der Waals surface area contributed by atoms with E-state index in [1.54, 1.807) is 24.5 Å². The maximum Gasteiger partial charge on any atom is 0.291 e. The number of carbonyl (C=O) groups excluding carboxylic acids is 1. The summed E-state index contributed by atoms with van der Waals surface area (Å²) in [6.07, 6.45) is 3.75. The van der Waals surface area contributed by atoms with Crippen molar-refractivity contribution < 1.29 is 9.32 Å². The Morgan fingerprint density at radius 1 is 1.12 bits per heavy atom. The highest BCUT2D eigenvalue weighted by atomic mass is 16.5. The molecular formula is C11H6N4O2. The van der Waals surface area contributed by atoms with Gasteiger partial charge in [0.25, 0.3) is 5.89 Å². The molecule has 0 saturated carbocycles. The zero-order valence-corrected chi connectivity index (χ0v) is 8.57. The van der Waals surface area contributed by atoms with Gasteiger partial charge in [-0.25, -0.2) is 0 Å². The first kappa shape index (κ1) is 9.59. The second kappa shape index (κ2) is 3.75. The molecule has 0 N–H and O–H groups in total. The Bertz CT molecular complexity index is 693. The van der Waals surface area contributed by atoms with Gasteiger partial charge in [0.2, 0.25) is 12.1 Å². The molecule has 0 aliphatic carbocycles. The lowest BCUT2D eigenvalue weighted by atomic mass is 10.2. The van der Waals surface area contributed by atoms with Crippen LogP contribution in [0, 0.1) is 0 Å². The Kier molecular flexibility index (Phi) is 2.11. The number of nitrogens with zero attached hydrogens (tertiary/aromatic N) is 4. The van der Waals surface area contributed by atoms with Crippen molar-refractivity contribution in [3.8, 4) is 11.4 Å². The number of hydrogen-bond acceptors (Lipinski definition) is 6. The third-order valence-electron chi connectivity index (χ3n) is 2.27. The van der Waals surface area contributed by atoms with Crippen molar-refractivity contribution in [2.75, 3.05) is 0 Å². The summed E-state index contributed by atoms with van der Waals surface area (Å²) < 4.78 is 4.72. The molecule has 0 fully saturated rings. The molecule has 0 unspecified atom stereocenters. The molecule has 3 aromatic rings. The van der Waals surface area contributed by atoms with Crippen LogP contribution in [0.2, 0.25) is 0 Å². The average molecular weight is 226 g/mol. The third-order valence-corrected chi connectivity index (χ3v) is 2.27. The standard InChI is InChI=1S/C11H6N4O2/c16-6-10-14-11(15-17-10)7-1-2-8-9(5-7)13-4-3-12-8/h1-6H. The van der Waals surface area contributed by atoms with Gasteiger partial charge in [-0.15, -0.1) is 0 Å². The molecule has 2 aromatic heterocycles. The highest BCUT2D eigenvalue weighted by Crippen LogP contribution is 2.19. The van der Waals surface area contributed by atoms with Gasteiger partial charge in [0, 0.05) is 18.0 Å². The predicted octanol–water partition coefficient (Wildman–Crippen LogP) is 1.49. The van der Waals surface area contributed by atoms with E-state index < -0.39 is 0 Å². The molecule has 1 aromatic carbocycles. The zero-order chi connectivity index (χ0) is 11.7. The highest BCUT2D eigenvalue weighted by molar-refractivity contribution is 5.79. The predicted molar refractivity (Wildman–Crippen MR) is 58.2 cm³/mol. The van der Waals surface area contributed by atoms with Gasteiger partial charge in [-0.3, -0.25) is 14.8 Å². The number of aldehydes is 1. The van der Waals surface area contributed by atoms with Crippen LogP contribution in [0.5, 0.6) is 0 Å². The topological polar surface area (TPSA) is 81.8 Å². The summed E-state index contributed by atoms with van der Waals surface area (Å²) in [4.78, 5) is 22.7. The fourth-order valence-electron chi connectivity index (χ4n) is 1.50. The minimum atomic E-state index is -0.0424. The molecule has 0 atom stereocenters. The Hall–Kier alpha value is -2.63. The van der Waals surface area contributed by atoms with Gasteiger partial charge in [-0.2, -0.15) is 4.98 Å².